The van der Waals surface area contributed by atoms with Gasteiger partial charge in [0.15, 0.2) is 0 Å². The zero-order valence-corrected chi connectivity index (χ0v) is 10.7. The van der Waals surface area contributed by atoms with Crippen LogP contribution in [0.3, 0.4) is 0 Å². The number of rotatable bonds is 6. The van der Waals surface area contributed by atoms with Crippen molar-refractivity contribution in [3.63, 3.8) is 0 Å². The smallest absolute Gasteiger partial charge is 0.0687 e. The van der Waals surface area contributed by atoms with Gasteiger partial charge in [-0.15, -0.1) is 0 Å². The van der Waals surface area contributed by atoms with Crippen LogP contribution in [0.5, 0.6) is 0 Å². The molecule has 0 radical (unpaired) electrons. The van der Waals surface area contributed by atoms with Gasteiger partial charge in [-0.25, -0.2) is 0 Å². The van der Waals surface area contributed by atoms with Crippen LogP contribution in [0.25, 0.3) is 0 Å². The molecule has 0 aliphatic heterocycles. The van der Waals surface area contributed by atoms with E-state index in [1.165, 1.54) is 5.56 Å². The second-order valence-electron chi connectivity index (χ2n) is 5.02. The Morgan fingerprint density at radius 1 is 1.35 bits per heavy atom. The molecule has 0 aromatic heterocycles. The molecule has 17 heavy (non-hydrogen) atoms. The minimum Gasteiger partial charge on any atom is -0.396 e. The number of benzene rings is 1. The van der Waals surface area contributed by atoms with E-state index in [4.69, 9.17) is 5.11 Å². The van der Waals surface area contributed by atoms with Gasteiger partial charge in [-0.1, -0.05) is 37.3 Å². The summed E-state index contributed by atoms with van der Waals surface area (Å²) in [6, 6.07) is 12.7. The summed E-state index contributed by atoms with van der Waals surface area (Å²) < 4.78 is 0. The number of nitrogens with zero attached hydrogens (tertiary/aromatic N) is 1. The highest BCUT2D eigenvalue weighted by atomic mass is 16.2. The Labute approximate surface area is 104 Å². The van der Waals surface area contributed by atoms with Gasteiger partial charge in [0, 0.05) is 6.61 Å². The summed E-state index contributed by atoms with van der Waals surface area (Å²) in [5.41, 5.74) is 0.941. The number of aliphatic hydroxyl groups excluding tert-OH is 1. The van der Waals surface area contributed by atoms with E-state index in [9.17, 15) is 5.26 Å². The van der Waals surface area contributed by atoms with Crippen molar-refractivity contribution in [1.29, 1.82) is 5.26 Å². The van der Waals surface area contributed by atoms with Gasteiger partial charge < -0.3 is 5.11 Å². The van der Waals surface area contributed by atoms with Gasteiger partial charge in [0.05, 0.1) is 11.5 Å². The first-order valence-electron chi connectivity index (χ1n) is 6.18. The second-order valence-corrected chi connectivity index (χ2v) is 5.02. The number of aliphatic hydroxyl groups is 1. The van der Waals surface area contributed by atoms with Gasteiger partial charge in [0.1, 0.15) is 0 Å². The predicted octanol–water partition coefficient (Wildman–Crippen LogP) is 3.48. The molecule has 0 aliphatic carbocycles. The molecule has 92 valence electrons. The van der Waals surface area contributed by atoms with E-state index in [-0.39, 0.29) is 12.0 Å². The molecule has 2 atom stereocenters. The van der Waals surface area contributed by atoms with Crippen LogP contribution in [0.15, 0.2) is 30.3 Å². The van der Waals surface area contributed by atoms with E-state index in [1.54, 1.807) is 0 Å². The van der Waals surface area contributed by atoms with Crippen molar-refractivity contribution in [1.82, 2.24) is 0 Å². The molecule has 0 saturated carbocycles. The lowest BCUT2D eigenvalue weighted by molar-refractivity contribution is 0.248. The fourth-order valence-corrected chi connectivity index (χ4v) is 2.25. The molecule has 0 aliphatic rings. The van der Waals surface area contributed by atoms with Crippen molar-refractivity contribution >= 4 is 0 Å². The molecule has 2 nitrogen and oxygen atoms in total. The Morgan fingerprint density at radius 3 is 2.53 bits per heavy atom. The fourth-order valence-electron chi connectivity index (χ4n) is 2.25. The summed E-state index contributed by atoms with van der Waals surface area (Å²) in [4.78, 5) is 0. The molecular formula is C15H21NO. The molecule has 0 amide bonds. The Kier molecular flexibility index (Phi) is 5.18. The molecule has 0 fully saturated rings. The van der Waals surface area contributed by atoms with E-state index in [0.29, 0.717) is 12.3 Å². The minimum atomic E-state index is -0.335. The average Bonchev–Trinajstić information content (AvgIpc) is 2.37. The molecule has 1 rings (SSSR count). The monoisotopic (exact) mass is 231 g/mol. The molecule has 1 N–H and O–H groups in total. The van der Waals surface area contributed by atoms with Crippen molar-refractivity contribution < 1.29 is 5.11 Å². The first-order chi connectivity index (χ1) is 8.11. The summed E-state index contributed by atoms with van der Waals surface area (Å²) in [6.45, 7) is 4.31. The summed E-state index contributed by atoms with van der Waals surface area (Å²) in [6.07, 6.45) is 2.30. The van der Waals surface area contributed by atoms with Crippen LogP contribution in [-0.2, 0) is 0 Å². The summed E-state index contributed by atoms with van der Waals surface area (Å²) in [5.74, 6) is 0.375. The zero-order valence-electron chi connectivity index (χ0n) is 10.7. The lowest BCUT2D eigenvalue weighted by atomic mass is 9.77. The molecule has 2 heteroatoms. The lowest BCUT2D eigenvalue weighted by Crippen LogP contribution is -2.17. The van der Waals surface area contributed by atoms with Crippen molar-refractivity contribution in [3.8, 4) is 6.07 Å². The first-order valence-corrected chi connectivity index (χ1v) is 6.18. The molecule has 1 aromatic rings. The minimum absolute atomic E-state index is 0.164. The standard InChI is InChI=1S/C15H21NO/c1-13(14-7-4-3-5-8-14)11-15(2,12-16)9-6-10-17/h3-5,7-8,13,17H,6,9-11H2,1-2H3. The Bertz CT molecular complexity index is 368. The Hall–Kier alpha value is -1.33. The Morgan fingerprint density at radius 2 is 2.00 bits per heavy atom. The summed E-state index contributed by atoms with van der Waals surface area (Å²) in [7, 11) is 0. The van der Waals surface area contributed by atoms with Crippen LogP contribution >= 0.6 is 0 Å². The zero-order chi connectivity index (χ0) is 12.7. The third-order valence-corrected chi connectivity index (χ3v) is 3.28. The molecule has 2 unspecified atom stereocenters. The topological polar surface area (TPSA) is 44.0 Å². The third-order valence-electron chi connectivity index (χ3n) is 3.28. The molecule has 0 spiro atoms. The quantitative estimate of drug-likeness (QED) is 0.814. The van der Waals surface area contributed by atoms with Crippen LogP contribution in [-0.4, -0.2) is 11.7 Å². The highest BCUT2D eigenvalue weighted by molar-refractivity contribution is 5.19. The molecule has 0 bridgehead atoms. The van der Waals surface area contributed by atoms with Gasteiger partial charge in [-0.05, 0) is 37.7 Å². The van der Waals surface area contributed by atoms with E-state index in [2.05, 4.69) is 25.1 Å². The molecule has 0 heterocycles. The van der Waals surface area contributed by atoms with Gasteiger partial charge in [0.2, 0.25) is 0 Å². The highest BCUT2D eigenvalue weighted by Crippen LogP contribution is 2.34. The maximum Gasteiger partial charge on any atom is 0.0687 e. The van der Waals surface area contributed by atoms with Crippen LogP contribution in [0.2, 0.25) is 0 Å². The van der Waals surface area contributed by atoms with Crippen LogP contribution in [0.4, 0.5) is 0 Å². The van der Waals surface area contributed by atoms with Crippen molar-refractivity contribution in [2.45, 2.75) is 39.0 Å². The van der Waals surface area contributed by atoms with E-state index < -0.39 is 0 Å². The summed E-state index contributed by atoms with van der Waals surface area (Å²) in [5, 5.41) is 18.1. The summed E-state index contributed by atoms with van der Waals surface area (Å²) >= 11 is 0. The first kappa shape index (κ1) is 13.7. The fraction of sp³-hybridized carbons (Fsp3) is 0.533. The highest BCUT2D eigenvalue weighted by Gasteiger charge is 2.26. The normalized spacial score (nSPS) is 15.9. The maximum absolute atomic E-state index is 9.28. The molecule has 1 aromatic carbocycles. The van der Waals surface area contributed by atoms with Crippen LogP contribution < -0.4 is 0 Å². The van der Waals surface area contributed by atoms with E-state index in [1.807, 2.05) is 25.1 Å². The second kappa shape index (κ2) is 6.42. The molecule has 0 saturated heterocycles. The van der Waals surface area contributed by atoms with Gasteiger partial charge >= 0.3 is 0 Å². The van der Waals surface area contributed by atoms with Crippen LogP contribution in [0.1, 0.15) is 44.6 Å². The lowest BCUT2D eigenvalue weighted by Gasteiger charge is -2.25. The number of nitriles is 1. The van der Waals surface area contributed by atoms with E-state index in [0.717, 1.165) is 12.8 Å². The number of hydrogen-bond donors (Lipinski definition) is 1. The average molecular weight is 231 g/mol. The van der Waals surface area contributed by atoms with Crippen LogP contribution in [0, 0.1) is 16.7 Å². The van der Waals surface area contributed by atoms with Gasteiger partial charge in [0.25, 0.3) is 0 Å². The van der Waals surface area contributed by atoms with Crippen molar-refractivity contribution in [3.05, 3.63) is 35.9 Å². The largest absolute Gasteiger partial charge is 0.396 e. The Balaban J connectivity index is 2.66. The van der Waals surface area contributed by atoms with E-state index >= 15 is 0 Å². The SMILES string of the molecule is CC(CC(C)(C#N)CCCO)c1ccccc1. The van der Waals surface area contributed by atoms with Gasteiger partial charge in [-0.2, -0.15) is 5.26 Å². The molecular weight excluding hydrogens is 210 g/mol. The van der Waals surface area contributed by atoms with Crippen molar-refractivity contribution in [2.75, 3.05) is 6.61 Å². The third kappa shape index (κ3) is 4.20. The van der Waals surface area contributed by atoms with Gasteiger partial charge in [-0.3, -0.25) is 0 Å². The van der Waals surface area contributed by atoms with Crippen molar-refractivity contribution in [2.24, 2.45) is 5.41 Å². The predicted molar refractivity (Wildman–Crippen MR) is 69.5 cm³/mol. The maximum atomic E-state index is 9.28. The number of hydrogen-bond acceptors (Lipinski definition) is 2.